The summed E-state index contributed by atoms with van der Waals surface area (Å²) < 4.78 is 2.04. The summed E-state index contributed by atoms with van der Waals surface area (Å²) in [5, 5.41) is 1.22. The number of fused-ring (bicyclic) bond motifs is 3. The minimum absolute atomic E-state index is 0.0516. The van der Waals surface area contributed by atoms with Crippen LogP contribution in [0.15, 0.2) is 59.5 Å². The van der Waals surface area contributed by atoms with E-state index in [1.807, 2.05) is 28.8 Å². The molecule has 0 radical (unpaired) electrons. The molecule has 0 saturated carbocycles. The highest BCUT2D eigenvalue weighted by atomic mass is 32.2. The van der Waals surface area contributed by atoms with Crippen molar-refractivity contribution in [1.29, 1.82) is 0 Å². The molecule has 0 fully saturated rings. The molecule has 0 saturated heterocycles. The predicted octanol–water partition coefficient (Wildman–Crippen LogP) is 5.73. The Morgan fingerprint density at radius 3 is 2.56 bits per heavy atom. The fourth-order valence-corrected chi connectivity index (χ4v) is 4.88. The first-order chi connectivity index (χ1) is 12.3. The van der Waals surface area contributed by atoms with Crippen LogP contribution in [-0.4, -0.2) is 15.7 Å². The lowest BCUT2D eigenvalue weighted by Crippen LogP contribution is -2.26. The van der Waals surface area contributed by atoms with E-state index in [4.69, 9.17) is 0 Å². The molecule has 1 aliphatic carbocycles. The zero-order valence-corrected chi connectivity index (χ0v) is 15.4. The molecule has 1 aromatic heterocycles. The Balaban J connectivity index is 1.76. The van der Waals surface area contributed by atoms with E-state index < -0.39 is 0 Å². The second-order valence-electron chi connectivity index (χ2n) is 6.65. The number of hydrogen-bond acceptors (Lipinski definition) is 2. The van der Waals surface area contributed by atoms with Gasteiger partial charge in [0.2, 0.25) is 5.91 Å². The van der Waals surface area contributed by atoms with Gasteiger partial charge in [-0.15, -0.1) is 11.8 Å². The van der Waals surface area contributed by atoms with E-state index in [0.717, 1.165) is 29.7 Å². The topological polar surface area (TPSA) is 22.0 Å². The molecular formula is C22H23NOS. The van der Waals surface area contributed by atoms with Crippen molar-refractivity contribution in [2.75, 3.05) is 0 Å². The fourth-order valence-electron chi connectivity index (χ4n) is 3.86. The molecule has 1 atom stereocenters. The molecule has 3 aromatic rings. The Bertz CT molecular complexity index is 897. The number of benzene rings is 2. The van der Waals surface area contributed by atoms with Gasteiger partial charge in [0, 0.05) is 16.0 Å². The van der Waals surface area contributed by atoms with Crippen molar-refractivity contribution in [2.24, 2.45) is 0 Å². The number of nitrogens with zero attached hydrogens (tertiary/aromatic N) is 1. The lowest BCUT2D eigenvalue weighted by molar-refractivity contribution is 0.0910. The van der Waals surface area contributed by atoms with Gasteiger partial charge in [0.25, 0.3) is 0 Å². The minimum Gasteiger partial charge on any atom is -0.283 e. The maximum Gasteiger partial charge on any atom is 0.244 e. The molecule has 0 spiro atoms. The Morgan fingerprint density at radius 2 is 1.76 bits per heavy atom. The molecule has 2 nitrogen and oxygen atoms in total. The van der Waals surface area contributed by atoms with Crippen LogP contribution in [0.4, 0.5) is 0 Å². The van der Waals surface area contributed by atoms with Crippen LogP contribution in [0.2, 0.25) is 0 Å². The number of carbonyl (C=O) groups is 1. The predicted molar refractivity (Wildman–Crippen MR) is 106 cm³/mol. The van der Waals surface area contributed by atoms with Crippen LogP contribution in [0.5, 0.6) is 0 Å². The molecule has 1 unspecified atom stereocenters. The third-order valence-electron chi connectivity index (χ3n) is 5.07. The quantitative estimate of drug-likeness (QED) is 0.561. The van der Waals surface area contributed by atoms with Crippen molar-refractivity contribution in [2.45, 2.75) is 49.2 Å². The minimum atomic E-state index is -0.0516. The molecule has 4 rings (SSSR count). The largest absolute Gasteiger partial charge is 0.283 e. The van der Waals surface area contributed by atoms with Gasteiger partial charge in [-0.05, 0) is 55.9 Å². The highest BCUT2D eigenvalue weighted by Gasteiger charge is 2.27. The molecule has 0 N–H and O–H groups in total. The van der Waals surface area contributed by atoms with E-state index in [2.05, 4.69) is 37.3 Å². The standard InChI is InChI=1S/C22H23NOS/c1-2-21(25-16-10-4-3-5-11-16)22(24)23-19-14-8-6-12-17(19)18-13-7-9-15-20(18)23/h3-6,8,10-12,14,21H,2,7,9,13,15H2,1H3. The second-order valence-corrected chi connectivity index (χ2v) is 7.93. The zero-order chi connectivity index (χ0) is 17.2. The molecule has 1 heterocycles. The van der Waals surface area contributed by atoms with Crippen LogP contribution >= 0.6 is 11.8 Å². The number of para-hydroxylation sites is 1. The van der Waals surface area contributed by atoms with E-state index in [1.54, 1.807) is 11.8 Å². The van der Waals surface area contributed by atoms with Gasteiger partial charge >= 0.3 is 0 Å². The van der Waals surface area contributed by atoms with Gasteiger partial charge in [0.15, 0.2) is 0 Å². The number of carbonyl (C=O) groups excluding carboxylic acids is 1. The summed E-state index contributed by atoms with van der Waals surface area (Å²) in [6.45, 7) is 2.11. The molecule has 1 aliphatic rings. The molecule has 0 aliphatic heterocycles. The van der Waals surface area contributed by atoms with Crippen molar-refractivity contribution >= 4 is 28.6 Å². The summed E-state index contributed by atoms with van der Waals surface area (Å²) in [4.78, 5) is 14.6. The summed E-state index contributed by atoms with van der Waals surface area (Å²) in [6, 6.07) is 18.7. The van der Waals surface area contributed by atoms with Crippen LogP contribution in [0.1, 0.15) is 42.2 Å². The highest BCUT2D eigenvalue weighted by molar-refractivity contribution is 8.00. The molecular weight excluding hydrogens is 326 g/mol. The highest BCUT2D eigenvalue weighted by Crippen LogP contribution is 2.34. The normalized spacial score (nSPS) is 15.1. The van der Waals surface area contributed by atoms with Crippen LogP contribution < -0.4 is 0 Å². The fraction of sp³-hybridized carbons (Fsp3) is 0.318. The van der Waals surface area contributed by atoms with Gasteiger partial charge in [-0.25, -0.2) is 0 Å². The lowest BCUT2D eigenvalue weighted by Gasteiger charge is -2.19. The first-order valence-electron chi connectivity index (χ1n) is 9.16. The maximum atomic E-state index is 13.5. The van der Waals surface area contributed by atoms with E-state index in [-0.39, 0.29) is 11.2 Å². The third kappa shape index (κ3) is 3.02. The Hall–Kier alpha value is -2.00. The number of rotatable bonds is 4. The summed E-state index contributed by atoms with van der Waals surface area (Å²) in [5.41, 5.74) is 3.74. The average molecular weight is 349 g/mol. The third-order valence-corrected chi connectivity index (χ3v) is 6.43. The molecule has 0 amide bonds. The lowest BCUT2D eigenvalue weighted by atomic mass is 9.95. The number of hydrogen-bond donors (Lipinski definition) is 0. The number of thioether (sulfide) groups is 1. The first kappa shape index (κ1) is 16.5. The van der Waals surface area contributed by atoms with Crippen LogP contribution in [0.3, 0.4) is 0 Å². The molecule has 0 bridgehead atoms. The average Bonchev–Trinajstić information content (AvgIpc) is 3.01. The van der Waals surface area contributed by atoms with E-state index in [1.165, 1.54) is 29.5 Å². The van der Waals surface area contributed by atoms with Crippen LogP contribution in [0.25, 0.3) is 10.9 Å². The second kappa shape index (κ2) is 7.09. The van der Waals surface area contributed by atoms with Crippen molar-refractivity contribution in [3.05, 3.63) is 65.9 Å². The van der Waals surface area contributed by atoms with Crippen molar-refractivity contribution in [3.8, 4) is 0 Å². The number of aromatic nitrogens is 1. The Kier molecular flexibility index (Phi) is 4.67. The smallest absolute Gasteiger partial charge is 0.244 e. The van der Waals surface area contributed by atoms with Crippen LogP contribution in [-0.2, 0) is 12.8 Å². The SMILES string of the molecule is CCC(Sc1ccccc1)C(=O)n1c2c(c3ccccc31)CCCC2. The summed E-state index contributed by atoms with van der Waals surface area (Å²) in [6.07, 6.45) is 5.35. The summed E-state index contributed by atoms with van der Waals surface area (Å²) >= 11 is 1.68. The molecule has 3 heteroatoms. The van der Waals surface area contributed by atoms with E-state index in [9.17, 15) is 4.79 Å². The van der Waals surface area contributed by atoms with Crippen LogP contribution in [0, 0.1) is 0 Å². The summed E-state index contributed by atoms with van der Waals surface area (Å²) in [7, 11) is 0. The number of aryl methyl sites for hydroxylation is 1. The van der Waals surface area contributed by atoms with Gasteiger partial charge in [0.05, 0.1) is 10.8 Å². The van der Waals surface area contributed by atoms with Crippen molar-refractivity contribution in [3.63, 3.8) is 0 Å². The monoisotopic (exact) mass is 349 g/mol. The maximum absolute atomic E-state index is 13.5. The van der Waals surface area contributed by atoms with Gasteiger partial charge < -0.3 is 0 Å². The zero-order valence-electron chi connectivity index (χ0n) is 14.6. The van der Waals surface area contributed by atoms with Gasteiger partial charge in [0.1, 0.15) is 0 Å². The van der Waals surface area contributed by atoms with Crippen molar-refractivity contribution < 1.29 is 4.79 Å². The van der Waals surface area contributed by atoms with Gasteiger partial charge in [-0.2, -0.15) is 0 Å². The molecule has 25 heavy (non-hydrogen) atoms. The van der Waals surface area contributed by atoms with Gasteiger partial charge in [-0.3, -0.25) is 9.36 Å². The van der Waals surface area contributed by atoms with Crippen molar-refractivity contribution in [1.82, 2.24) is 4.57 Å². The Labute approximate surface area is 153 Å². The Morgan fingerprint density at radius 1 is 1.04 bits per heavy atom. The first-order valence-corrected chi connectivity index (χ1v) is 10.0. The molecule has 2 aromatic carbocycles. The van der Waals surface area contributed by atoms with E-state index in [0.29, 0.717) is 0 Å². The van der Waals surface area contributed by atoms with E-state index >= 15 is 0 Å². The molecule has 128 valence electrons. The van der Waals surface area contributed by atoms with Gasteiger partial charge in [-0.1, -0.05) is 43.3 Å². The summed E-state index contributed by atoms with van der Waals surface area (Å²) in [5.74, 6) is 0.232.